The predicted octanol–water partition coefficient (Wildman–Crippen LogP) is 6.63. The Morgan fingerprint density at radius 2 is 1.83 bits per heavy atom. The van der Waals surface area contributed by atoms with Crippen molar-refractivity contribution < 1.29 is 22.7 Å². The zero-order chi connectivity index (χ0) is 25.3. The van der Waals surface area contributed by atoms with Crippen LogP contribution in [-0.2, 0) is 17.3 Å². The van der Waals surface area contributed by atoms with Gasteiger partial charge in [0.2, 0.25) is 0 Å². The number of para-hydroxylation sites is 1. The summed E-state index contributed by atoms with van der Waals surface area (Å²) >= 11 is 1.26. The van der Waals surface area contributed by atoms with Gasteiger partial charge < -0.3 is 15.0 Å². The molecule has 186 valence electrons. The fourth-order valence-corrected chi connectivity index (χ4v) is 5.43. The van der Waals surface area contributed by atoms with Crippen molar-refractivity contribution in [3.8, 4) is 10.6 Å². The number of hydrogen-bond acceptors (Lipinski definition) is 5. The Morgan fingerprint density at radius 3 is 2.58 bits per heavy atom. The van der Waals surface area contributed by atoms with E-state index in [-0.39, 0.29) is 5.91 Å². The van der Waals surface area contributed by atoms with Crippen molar-refractivity contribution in [2.75, 3.05) is 36.5 Å². The van der Waals surface area contributed by atoms with E-state index in [1.807, 2.05) is 18.2 Å². The lowest BCUT2D eigenvalue weighted by Crippen LogP contribution is -2.36. The van der Waals surface area contributed by atoms with Crippen LogP contribution in [0.3, 0.4) is 0 Å². The Bertz CT molecular complexity index is 1410. The normalized spacial score (nSPS) is 14.3. The molecule has 0 saturated carbocycles. The SMILES string of the molecule is CCc1c(NC(=O)c2cccc3sc(-c4cccc(C(F)(F)F)c4)nc23)cccc1N1CCOCC1. The van der Waals surface area contributed by atoms with Gasteiger partial charge in [0, 0.05) is 30.0 Å². The molecular weight excluding hydrogens is 487 g/mol. The molecule has 0 atom stereocenters. The topological polar surface area (TPSA) is 54.5 Å². The van der Waals surface area contributed by atoms with Crippen LogP contribution in [0, 0.1) is 0 Å². The summed E-state index contributed by atoms with van der Waals surface area (Å²) in [6.45, 7) is 4.97. The van der Waals surface area contributed by atoms with E-state index < -0.39 is 11.7 Å². The number of benzene rings is 3. The first kappa shape index (κ1) is 24.3. The molecule has 1 saturated heterocycles. The monoisotopic (exact) mass is 511 g/mol. The van der Waals surface area contributed by atoms with Gasteiger partial charge in [0.1, 0.15) is 5.01 Å². The maximum Gasteiger partial charge on any atom is 0.416 e. The number of halogens is 3. The number of nitrogens with one attached hydrogen (secondary N) is 1. The second kappa shape index (κ2) is 9.91. The molecule has 0 unspecified atom stereocenters. The van der Waals surface area contributed by atoms with Crippen LogP contribution in [-0.4, -0.2) is 37.2 Å². The summed E-state index contributed by atoms with van der Waals surface area (Å²) < 4.78 is 45.8. The molecule has 1 fully saturated rings. The Labute approximate surface area is 210 Å². The predicted molar refractivity (Wildman–Crippen MR) is 137 cm³/mol. The molecule has 2 heterocycles. The number of amides is 1. The average Bonchev–Trinajstić information content (AvgIpc) is 3.33. The minimum atomic E-state index is -4.44. The second-order valence-corrected chi connectivity index (χ2v) is 9.49. The number of hydrogen-bond donors (Lipinski definition) is 1. The van der Waals surface area contributed by atoms with E-state index >= 15 is 0 Å². The number of alkyl halides is 3. The Morgan fingerprint density at radius 1 is 1.08 bits per heavy atom. The quantitative estimate of drug-likeness (QED) is 0.327. The van der Waals surface area contributed by atoms with Crippen LogP contribution >= 0.6 is 11.3 Å². The number of anilines is 2. The summed E-state index contributed by atoms with van der Waals surface area (Å²) in [4.78, 5) is 20.2. The number of thiazole rings is 1. The van der Waals surface area contributed by atoms with Crippen LogP contribution in [0.2, 0.25) is 0 Å². The molecule has 0 bridgehead atoms. The molecule has 1 N–H and O–H groups in total. The van der Waals surface area contributed by atoms with Crippen LogP contribution in [0.1, 0.15) is 28.4 Å². The molecule has 1 aliphatic heterocycles. The number of ether oxygens (including phenoxy) is 1. The first-order valence-corrected chi connectivity index (χ1v) is 12.5. The fourth-order valence-electron chi connectivity index (χ4n) is 4.44. The number of morpholine rings is 1. The first-order chi connectivity index (χ1) is 17.3. The zero-order valence-electron chi connectivity index (χ0n) is 19.6. The summed E-state index contributed by atoms with van der Waals surface area (Å²) in [5, 5.41) is 3.48. The highest BCUT2D eigenvalue weighted by molar-refractivity contribution is 7.21. The smallest absolute Gasteiger partial charge is 0.378 e. The molecule has 3 aromatic carbocycles. The van der Waals surface area contributed by atoms with Crippen molar-refractivity contribution in [1.29, 1.82) is 0 Å². The third-order valence-corrected chi connectivity index (χ3v) is 7.27. The second-order valence-electron chi connectivity index (χ2n) is 8.46. The number of carbonyl (C=O) groups is 1. The van der Waals surface area contributed by atoms with Crippen LogP contribution in [0.25, 0.3) is 20.8 Å². The first-order valence-electron chi connectivity index (χ1n) is 11.7. The summed E-state index contributed by atoms with van der Waals surface area (Å²) in [6.07, 6.45) is -3.70. The van der Waals surface area contributed by atoms with E-state index in [0.29, 0.717) is 34.9 Å². The van der Waals surface area contributed by atoms with Gasteiger partial charge in [0.25, 0.3) is 5.91 Å². The number of rotatable bonds is 5. The van der Waals surface area contributed by atoms with Gasteiger partial charge in [-0.25, -0.2) is 4.98 Å². The van der Waals surface area contributed by atoms with Gasteiger partial charge in [0.05, 0.1) is 34.6 Å². The maximum atomic E-state index is 13.4. The van der Waals surface area contributed by atoms with Crippen LogP contribution in [0.15, 0.2) is 60.7 Å². The molecule has 0 spiro atoms. The third kappa shape index (κ3) is 4.81. The van der Waals surface area contributed by atoms with Gasteiger partial charge in [-0.1, -0.05) is 31.2 Å². The van der Waals surface area contributed by atoms with E-state index in [1.165, 1.54) is 17.4 Å². The van der Waals surface area contributed by atoms with Crippen molar-refractivity contribution in [2.45, 2.75) is 19.5 Å². The molecule has 36 heavy (non-hydrogen) atoms. The van der Waals surface area contributed by atoms with Gasteiger partial charge in [-0.05, 0) is 48.4 Å². The number of carbonyl (C=O) groups excluding carboxylic acids is 1. The van der Waals surface area contributed by atoms with Gasteiger partial charge in [0.15, 0.2) is 0 Å². The third-order valence-electron chi connectivity index (χ3n) is 6.21. The van der Waals surface area contributed by atoms with Crippen LogP contribution in [0.4, 0.5) is 24.5 Å². The molecule has 5 nitrogen and oxygen atoms in total. The van der Waals surface area contributed by atoms with Gasteiger partial charge >= 0.3 is 6.18 Å². The Hall–Kier alpha value is -3.43. The van der Waals surface area contributed by atoms with E-state index in [4.69, 9.17) is 4.74 Å². The molecule has 5 rings (SSSR count). The van der Waals surface area contributed by atoms with Gasteiger partial charge in [-0.15, -0.1) is 11.3 Å². The van der Waals surface area contributed by atoms with Crippen molar-refractivity contribution in [1.82, 2.24) is 4.98 Å². The number of aromatic nitrogens is 1. The number of nitrogens with zero attached hydrogens (tertiary/aromatic N) is 2. The highest BCUT2D eigenvalue weighted by Gasteiger charge is 2.30. The molecule has 1 aliphatic rings. The molecule has 4 aromatic rings. The van der Waals surface area contributed by atoms with E-state index in [1.54, 1.807) is 18.2 Å². The summed E-state index contributed by atoms with van der Waals surface area (Å²) in [6, 6.07) is 16.2. The van der Waals surface area contributed by atoms with Crippen molar-refractivity contribution >= 4 is 38.8 Å². The molecule has 0 radical (unpaired) electrons. The summed E-state index contributed by atoms with van der Waals surface area (Å²) in [5.74, 6) is -0.310. The largest absolute Gasteiger partial charge is 0.416 e. The van der Waals surface area contributed by atoms with E-state index in [0.717, 1.165) is 53.3 Å². The fraction of sp³-hybridized carbons (Fsp3) is 0.259. The minimum Gasteiger partial charge on any atom is -0.378 e. The molecule has 9 heteroatoms. The Kier molecular flexibility index (Phi) is 6.68. The standard InChI is InChI=1S/C27H24F3N3O2S/c1-2-19-21(9-5-10-22(19)33-12-14-35-15-13-33)31-25(34)20-8-4-11-23-24(20)32-26(36-23)17-6-3-7-18(16-17)27(28,29)30/h3-11,16H,2,12-15H2,1H3,(H,31,34). The van der Waals surface area contributed by atoms with Crippen molar-refractivity contribution in [2.24, 2.45) is 0 Å². The van der Waals surface area contributed by atoms with Crippen molar-refractivity contribution in [3.63, 3.8) is 0 Å². The molecule has 0 aliphatic carbocycles. The summed E-state index contributed by atoms with van der Waals surface area (Å²) in [5.41, 5.74) is 3.33. The lowest BCUT2D eigenvalue weighted by atomic mass is 10.1. The molecular formula is C27H24F3N3O2S. The van der Waals surface area contributed by atoms with Gasteiger partial charge in [-0.3, -0.25) is 4.79 Å². The molecule has 1 amide bonds. The van der Waals surface area contributed by atoms with E-state index in [2.05, 4.69) is 28.2 Å². The summed E-state index contributed by atoms with van der Waals surface area (Å²) in [7, 11) is 0. The highest BCUT2D eigenvalue weighted by Crippen LogP contribution is 2.36. The lowest BCUT2D eigenvalue weighted by molar-refractivity contribution is -0.137. The van der Waals surface area contributed by atoms with Crippen LogP contribution in [0.5, 0.6) is 0 Å². The van der Waals surface area contributed by atoms with Crippen molar-refractivity contribution in [3.05, 3.63) is 77.4 Å². The Balaban J connectivity index is 1.47. The average molecular weight is 512 g/mol. The minimum absolute atomic E-state index is 0.310. The maximum absolute atomic E-state index is 13.4. The lowest BCUT2D eigenvalue weighted by Gasteiger charge is -2.31. The van der Waals surface area contributed by atoms with Gasteiger partial charge in [-0.2, -0.15) is 13.2 Å². The zero-order valence-corrected chi connectivity index (χ0v) is 20.4. The van der Waals surface area contributed by atoms with Crippen LogP contribution < -0.4 is 10.2 Å². The molecule has 1 aromatic heterocycles. The number of fused-ring (bicyclic) bond motifs is 1. The van der Waals surface area contributed by atoms with E-state index in [9.17, 15) is 18.0 Å². The highest BCUT2D eigenvalue weighted by atomic mass is 32.1.